The number of morpholine rings is 1. The quantitative estimate of drug-likeness (QED) is 0.677. The SMILES string of the molecule is COC(=O)c1c(C)[nH]c(C(=O)CN2CC(C)OC(C)C2)c1C. The third kappa shape index (κ3) is 3.39. The van der Waals surface area contributed by atoms with E-state index in [9.17, 15) is 9.59 Å². The van der Waals surface area contributed by atoms with Gasteiger partial charge in [0.05, 0.1) is 37.1 Å². The molecule has 1 N–H and O–H groups in total. The molecule has 22 heavy (non-hydrogen) atoms. The Morgan fingerprint density at radius 2 is 1.86 bits per heavy atom. The van der Waals surface area contributed by atoms with Gasteiger partial charge in [-0.05, 0) is 33.3 Å². The van der Waals surface area contributed by atoms with Crippen LogP contribution in [0.1, 0.15) is 46.0 Å². The average molecular weight is 308 g/mol. The van der Waals surface area contributed by atoms with E-state index in [-0.39, 0.29) is 18.0 Å². The Bertz CT molecular complexity index is 569. The zero-order valence-electron chi connectivity index (χ0n) is 13.9. The molecular formula is C16H24N2O4. The van der Waals surface area contributed by atoms with E-state index in [1.54, 1.807) is 13.8 Å². The number of carbonyl (C=O) groups excluding carboxylic acids is 2. The number of Topliss-reactive ketones (excluding diaryl/α,β-unsaturated/α-hetero) is 1. The smallest absolute Gasteiger partial charge is 0.339 e. The molecule has 1 aliphatic heterocycles. The van der Waals surface area contributed by atoms with Crippen molar-refractivity contribution in [1.29, 1.82) is 0 Å². The van der Waals surface area contributed by atoms with Gasteiger partial charge in [-0.1, -0.05) is 0 Å². The van der Waals surface area contributed by atoms with Crippen molar-refractivity contribution in [3.8, 4) is 0 Å². The van der Waals surface area contributed by atoms with Gasteiger partial charge in [0.1, 0.15) is 0 Å². The maximum absolute atomic E-state index is 12.6. The fraction of sp³-hybridized carbons (Fsp3) is 0.625. The van der Waals surface area contributed by atoms with Gasteiger partial charge in [0.15, 0.2) is 5.78 Å². The summed E-state index contributed by atoms with van der Waals surface area (Å²) in [5.41, 5.74) is 2.26. The van der Waals surface area contributed by atoms with Gasteiger partial charge in [0.2, 0.25) is 0 Å². The van der Waals surface area contributed by atoms with Crippen molar-refractivity contribution in [2.24, 2.45) is 0 Å². The van der Waals surface area contributed by atoms with Crippen molar-refractivity contribution >= 4 is 11.8 Å². The van der Waals surface area contributed by atoms with Crippen LogP contribution in [0.4, 0.5) is 0 Å². The highest BCUT2D eigenvalue weighted by molar-refractivity contribution is 6.02. The molecule has 1 saturated heterocycles. The lowest BCUT2D eigenvalue weighted by Gasteiger charge is -2.34. The maximum Gasteiger partial charge on any atom is 0.339 e. The molecule has 1 aromatic heterocycles. The van der Waals surface area contributed by atoms with Crippen molar-refractivity contribution in [2.75, 3.05) is 26.7 Å². The number of rotatable bonds is 4. The Kier molecular flexibility index (Phi) is 5.03. The van der Waals surface area contributed by atoms with Gasteiger partial charge in [0, 0.05) is 18.8 Å². The van der Waals surface area contributed by atoms with Crippen molar-refractivity contribution < 1.29 is 19.1 Å². The zero-order chi connectivity index (χ0) is 16.4. The topological polar surface area (TPSA) is 71.6 Å². The lowest BCUT2D eigenvalue weighted by molar-refractivity contribution is -0.0652. The fourth-order valence-corrected chi connectivity index (χ4v) is 3.13. The monoisotopic (exact) mass is 308 g/mol. The number of ether oxygens (including phenoxy) is 2. The molecule has 0 radical (unpaired) electrons. The van der Waals surface area contributed by atoms with Gasteiger partial charge >= 0.3 is 5.97 Å². The van der Waals surface area contributed by atoms with Gasteiger partial charge in [0.25, 0.3) is 0 Å². The Hall–Kier alpha value is -1.66. The largest absolute Gasteiger partial charge is 0.465 e. The highest BCUT2D eigenvalue weighted by Gasteiger charge is 2.27. The third-order valence-electron chi connectivity index (χ3n) is 3.97. The zero-order valence-corrected chi connectivity index (χ0v) is 13.9. The number of nitrogens with zero attached hydrogens (tertiary/aromatic N) is 1. The number of hydrogen-bond acceptors (Lipinski definition) is 5. The van der Waals surface area contributed by atoms with Gasteiger partial charge in [-0.2, -0.15) is 0 Å². The van der Waals surface area contributed by atoms with Crippen molar-refractivity contribution in [3.05, 3.63) is 22.5 Å². The second kappa shape index (κ2) is 6.62. The maximum atomic E-state index is 12.6. The molecule has 2 unspecified atom stereocenters. The minimum atomic E-state index is -0.418. The molecule has 0 aliphatic carbocycles. The summed E-state index contributed by atoms with van der Waals surface area (Å²) in [5, 5.41) is 0. The second-order valence-electron chi connectivity index (χ2n) is 5.99. The standard InChI is InChI=1S/C16H24N2O4/c1-9-6-18(7-10(2)22-9)8-13(19)15-11(3)14(12(4)17-15)16(20)21-5/h9-10,17H,6-8H2,1-5H3. The minimum Gasteiger partial charge on any atom is -0.465 e. The van der Waals surface area contributed by atoms with Crippen molar-refractivity contribution in [3.63, 3.8) is 0 Å². The van der Waals surface area contributed by atoms with Crippen LogP contribution in [0.2, 0.25) is 0 Å². The minimum absolute atomic E-state index is 0.0166. The van der Waals surface area contributed by atoms with Crippen LogP contribution in [-0.4, -0.2) is 60.6 Å². The summed E-state index contributed by atoms with van der Waals surface area (Å²) in [6, 6.07) is 0. The van der Waals surface area contributed by atoms with Gasteiger partial charge in [-0.25, -0.2) is 4.79 Å². The number of carbonyl (C=O) groups is 2. The normalized spacial score (nSPS) is 22.6. The number of esters is 1. The van der Waals surface area contributed by atoms with E-state index in [0.717, 1.165) is 13.1 Å². The molecule has 0 saturated carbocycles. The number of aryl methyl sites for hydroxylation is 1. The van der Waals surface area contributed by atoms with E-state index < -0.39 is 5.97 Å². The third-order valence-corrected chi connectivity index (χ3v) is 3.97. The number of aromatic amines is 1. The molecule has 2 rings (SSSR count). The Balaban J connectivity index is 2.15. The van der Waals surface area contributed by atoms with Crippen molar-refractivity contribution in [2.45, 2.75) is 39.9 Å². The van der Waals surface area contributed by atoms with Crippen LogP contribution in [-0.2, 0) is 9.47 Å². The molecule has 2 atom stereocenters. The predicted molar refractivity (Wildman–Crippen MR) is 82.4 cm³/mol. The van der Waals surface area contributed by atoms with E-state index in [1.807, 2.05) is 13.8 Å². The molecular weight excluding hydrogens is 284 g/mol. The lowest BCUT2D eigenvalue weighted by atomic mass is 10.1. The Morgan fingerprint density at radius 3 is 2.41 bits per heavy atom. The summed E-state index contributed by atoms with van der Waals surface area (Å²) in [6.07, 6.45) is 0.238. The fourth-order valence-electron chi connectivity index (χ4n) is 3.13. The van der Waals surface area contributed by atoms with Crippen LogP contribution in [0, 0.1) is 13.8 Å². The first kappa shape index (κ1) is 16.7. The molecule has 1 aliphatic rings. The summed E-state index contributed by atoms with van der Waals surface area (Å²) in [4.78, 5) is 29.5. The molecule has 6 nitrogen and oxygen atoms in total. The van der Waals surface area contributed by atoms with Crippen LogP contribution >= 0.6 is 0 Å². The summed E-state index contributed by atoms with van der Waals surface area (Å²) in [6.45, 7) is 9.35. The second-order valence-corrected chi connectivity index (χ2v) is 5.99. The van der Waals surface area contributed by atoms with E-state index >= 15 is 0 Å². The molecule has 1 aromatic rings. The molecule has 0 amide bonds. The van der Waals surface area contributed by atoms with Crippen LogP contribution in [0.3, 0.4) is 0 Å². The lowest BCUT2D eigenvalue weighted by Crippen LogP contribution is -2.47. The van der Waals surface area contributed by atoms with E-state index in [4.69, 9.17) is 9.47 Å². The number of hydrogen-bond donors (Lipinski definition) is 1. The first-order chi connectivity index (χ1) is 10.3. The van der Waals surface area contributed by atoms with Gasteiger partial charge < -0.3 is 14.5 Å². The number of H-pyrrole nitrogens is 1. The van der Waals surface area contributed by atoms with E-state index in [0.29, 0.717) is 29.1 Å². The summed E-state index contributed by atoms with van der Waals surface area (Å²) in [5.74, 6) is -0.434. The summed E-state index contributed by atoms with van der Waals surface area (Å²) in [7, 11) is 1.34. The van der Waals surface area contributed by atoms with Crippen LogP contribution < -0.4 is 0 Å². The average Bonchev–Trinajstić information content (AvgIpc) is 2.72. The van der Waals surface area contributed by atoms with Crippen molar-refractivity contribution in [1.82, 2.24) is 9.88 Å². The van der Waals surface area contributed by atoms with Gasteiger partial charge in [-0.15, -0.1) is 0 Å². The number of methoxy groups -OCH3 is 1. The first-order valence-electron chi connectivity index (χ1n) is 7.52. The van der Waals surface area contributed by atoms with Crippen LogP contribution in [0.15, 0.2) is 0 Å². The first-order valence-corrected chi connectivity index (χ1v) is 7.52. The van der Waals surface area contributed by atoms with E-state index in [1.165, 1.54) is 7.11 Å². The number of nitrogens with one attached hydrogen (secondary N) is 1. The molecule has 0 aromatic carbocycles. The van der Waals surface area contributed by atoms with Crippen LogP contribution in [0.25, 0.3) is 0 Å². The molecule has 2 heterocycles. The highest BCUT2D eigenvalue weighted by Crippen LogP contribution is 2.20. The molecule has 6 heteroatoms. The molecule has 122 valence electrons. The molecule has 0 bridgehead atoms. The summed E-state index contributed by atoms with van der Waals surface area (Å²) < 4.78 is 10.4. The Labute approximate surface area is 130 Å². The van der Waals surface area contributed by atoms with Gasteiger partial charge in [-0.3, -0.25) is 9.69 Å². The van der Waals surface area contributed by atoms with E-state index in [2.05, 4.69) is 9.88 Å². The Morgan fingerprint density at radius 1 is 1.27 bits per heavy atom. The van der Waals surface area contributed by atoms with Crippen LogP contribution in [0.5, 0.6) is 0 Å². The number of aromatic nitrogens is 1. The number of ketones is 1. The molecule has 0 spiro atoms. The highest BCUT2D eigenvalue weighted by atomic mass is 16.5. The summed E-state index contributed by atoms with van der Waals surface area (Å²) >= 11 is 0. The predicted octanol–water partition coefficient (Wildman–Crippen LogP) is 1.71. The molecule has 1 fully saturated rings.